The zero-order valence-electron chi connectivity index (χ0n) is 5.92. The maximum absolute atomic E-state index is 10.6. The van der Waals surface area contributed by atoms with Crippen LogP contribution in [0.5, 0.6) is 0 Å². The van der Waals surface area contributed by atoms with E-state index >= 15 is 0 Å². The number of hydrogen-bond acceptors (Lipinski definition) is 2. The Bertz CT molecular complexity index is 293. The second-order valence-corrected chi connectivity index (χ2v) is 2.21. The molecule has 0 unspecified atom stereocenters. The van der Waals surface area contributed by atoms with Gasteiger partial charge in [-0.3, -0.25) is 10.2 Å². The molecule has 11 heavy (non-hydrogen) atoms. The summed E-state index contributed by atoms with van der Waals surface area (Å²) in [6, 6.07) is 0. The average molecular weight is 148 g/mol. The van der Waals surface area contributed by atoms with Gasteiger partial charge in [0.25, 0.3) is 0 Å². The van der Waals surface area contributed by atoms with Crippen molar-refractivity contribution in [2.24, 2.45) is 5.73 Å². The van der Waals surface area contributed by atoms with Gasteiger partial charge in [0.15, 0.2) is 0 Å². The lowest BCUT2D eigenvalue weighted by Gasteiger charge is -2.02. The van der Waals surface area contributed by atoms with E-state index in [4.69, 9.17) is 11.1 Å². The molecule has 3 nitrogen and oxygen atoms in total. The predicted octanol–water partition coefficient (Wildman–Crippen LogP) is 0.533. The van der Waals surface area contributed by atoms with Gasteiger partial charge in [0.2, 0.25) is 5.91 Å². The molecule has 0 saturated heterocycles. The molecule has 0 bridgehead atoms. The van der Waals surface area contributed by atoms with Crippen LogP contribution < -0.4 is 5.73 Å². The van der Waals surface area contributed by atoms with Gasteiger partial charge in [-0.25, -0.2) is 0 Å². The molecule has 0 aromatic carbocycles. The Hall–Kier alpha value is -1.60. The first kappa shape index (κ1) is 7.51. The topological polar surface area (TPSA) is 66.9 Å². The van der Waals surface area contributed by atoms with Gasteiger partial charge in [0.05, 0.1) is 0 Å². The number of carbonyl (C=O) groups excluding carboxylic acids is 1. The van der Waals surface area contributed by atoms with Crippen molar-refractivity contribution < 1.29 is 4.79 Å². The average Bonchev–Trinajstić information content (AvgIpc) is 2.05. The zero-order chi connectivity index (χ0) is 8.27. The zero-order valence-corrected chi connectivity index (χ0v) is 5.92. The van der Waals surface area contributed by atoms with Gasteiger partial charge in [0.1, 0.15) is 0 Å². The summed E-state index contributed by atoms with van der Waals surface area (Å²) in [6.07, 6.45) is 5.54. The van der Waals surface area contributed by atoms with Crippen LogP contribution in [0.25, 0.3) is 0 Å². The SMILES string of the molecule is N=C=C1C=CC(C(N)=O)=CC1. The van der Waals surface area contributed by atoms with Gasteiger partial charge in [-0.1, -0.05) is 6.08 Å². The lowest BCUT2D eigenvalue weighted by atomic mass is 10.0. The van der Waals surface area contributed by atoms with Crippen LogP contribution in [0.1, 0.15) is 6.42 Å². The number of nitrogens with one attached hydrogen (secondary N) is 1. The van der Waals surface area contributed by atoms with Crippen molar-refractivity contribution in [3.8, 4) is 0 Å². The van der Waals surface area contributed by atoms with E-state index in [1.165, 1.54) is 0 Å². The molecule has 0 atom stereocenters. The van der Waals surface area contributed by atoms with E-state index in [1.807, 2.05) is 0 Å². The van der Waals surface area contributed by atoms with Crippen LogP contribution >= 0.6 is 0 Å². The third-order valence-electron chi connectivity index (χ3n) is 1.45. The van der Waals surface area contributed by atoms with Crippen LogP contribution in [0.3, 0.4) is 0 Å². The van der Waals surface area contributed by atoms with Crippen molar-refractivity contribution in [1.29, 1.82) is 5.41 Å². The summed E-state index contributed by atoms with van der Waals surface area (Å²) in [5, 5.41) is 6.79. The van der Waals surface area contributed by atoms with Gasteiger partial charge < -0.3 is 5.73 Å². The van der Waals surface area contributed by atoms with Gasteiger partial charge in [-0.15, -0.1) is 0 Å². The van der Waals surface area contributed by atoms with Crippen LogP contribution in [-0.2, 0) is 4.79 Å². The van der Waals surface area contributed by atoms with Crippen LogP contribution in [0.4, 0.5) is 0 Å². The van der Waals surface area contributed by atoms with E-state index in [2.05, 4.69) is 5.87 Å². The Morgan fingerprint density at radius 3 is 2.73 bits per heavy atom. The molecule has 0 aromatic heterocycles. The summed E-state index contributed by atoms with van der Waals surface area (Å²) in [7, 11) is 0. The highest BCUT2D eigenvalue weighted by atomic mass is 16.1. The van der Waals surface area contributed by atoms with E-state index in [1.54, 1.807) is 18.2 Å². The molecule has 3 heteroatoms. The highest BCUT2D eigenvalue weighted by Crippen LogP contribution is 2.12. The molecule has 0 heterocycles. The molecule has 0 saturated carbocycles. The third kappa shape index (κ3) is 1.66. The van der Waals surface area contributed by atoms with E-state index in [-0.39, 0.29) is 0 Å². The number of primary amides is 1. The second-order valence-electron chi connectivity index (χ2n) is 2.21. The van der Waals surface area contributed by atoms with Gasteiger partial charge in [-0.2, -0.15) is 0 Å². The van der Waals surface area contributed by atoms with E-state index in [9.17, 15) is 4.79 Å². The Labute approximate surface area is 64.4 Å². The first-order valence-electron chi connectivity index (χ1n) is 3.20. The van der Waals surface area contributed by atoms with Crippen molar-refractivity contribution in [3.05, 3.63) is 29.4 Å². The van der Waals surface area contributed by atoms with E-state index in [0.717, 1.165) is 5.57 Å². The van der Waals surface area contributed by atoms with Gasteiger partial charge in [-0.05, 0) is 18.0 Å². The summed E-state index contributed by atoms with van der Waals surface area (Å²) in [5.74, 6) is 1.82. The number of amides is 1. The number of allylic oxidation sites excluding steroid dienone is 3. The van der Waals surface area contributed by atoms with Gasteiger partial charge >= 0.3 is 0 Å². The minimum Gasteiger partial charge on any atom is -0.366 e. The maximum Gasteiger partial charge on any atom is 0.248 e. The molecule has 0 radical (unpaired) electrons. The highest BCUT2D eigenvalue weighted by Gasteiger charge is 2.04. The van der Waals surface area contributed by atoms with Crippen molar-refractivity contribution >= 4 is 11.8 Å². The molecule has 3 N–H and O–H groups in total. The van der Waals surface area contributed by atoms with Gasteiger partial charge in [0, 0.05) is 17.6 Å². The fourth-order valence-electron chi connectivity index (χ4n) is 0.822. The molecule has 1 amide bonds. The third-order valence-corrected chi connectivity index (χ3v) is 1.45. The maximum atomic E-state index is 10.6. The minimum absolute atomic E-state index is 0.426. The van der Waals surface area contributed by atoms with E-state index in [0.29, 0.717) is 12.0 Å². The Morgan fingerprint density at radius 1 is 1.64 bits per heavy atom. The molecule has 1 aliphatic carbocycles. The van der Waals surface area contributed by atoms with Crippen molar-refractivity contribution in [1.82, 2.24) is 0 Å². The Kier molecular flexibility index (Phi) is 2.04. The summed E-state index contributed by atoms with van der Waals surface area (Å²) >= 11 is 0. The molecule has 0 aliphatic heterocycles. The first-order valence-corrected chi connectivity index (χ1v) is 3.20. The summed E-state index contributed by atoms with van der Waals surface area (Å²) < 4.78 is 0. The van der Waals surface area contributed by atoms with Crippen LogP contribution in [0, 0.1) is 5.41 Å². The van der Waals surface area contributed by atoms with Crippen molar-refractivity contribution in [2.45, 2.75) is 6.42 Å². The molecule has 0 spiro atoms. The van der Waals surface area contributed by atoms with Crippen LogP contribution in [0.2, 0.25) is 0 Å². The summed E-state index contributed by atoms with van der Waals surface area (Å²) in [6.45, 7) is 0. The number of nitrogens with two attached hydrogens (primary N) is 1. The van der Waals surface area contributed by atoms with Crippen LogP contribution in [0.15, 0.2) is 29.4 Å². The molecular formula is C8H8N2O. The molecular weight excluding hydrogens is 140 g/mol. The van der Waals surface area contributed by atoms with E-state index < -0.39 is 5.91 Å². The number of hydrogen-bond donors (Lipinski definition) is 2. The fourth-order valence-corrected chi connectivity index (χ4v) is 0.822. The standard InChI is InChI=1S/C8H8N2O/c9-5-6-1-3-7(4-2-6)8(10)11/h1,3-4,9H,2H2,(H2,10,11). The highest BCUT2D eigenvalue weighted by molar-refractivity contribution is 5.95. The van der Waals surface area contributed by atoms with Crippen molar-refractivity contribution in [3.63, 3.8) is 0 Å². The summed E-state index contributed by atoms with van der Waals surface area (Å²) in [4.78, 5) is 10.6. The minimum atomic E-state index is -0.426. The smallest absolute Gasteiger partial charge is 0.248 e. The van der Waals surface area contributed by atoms with Crippen LogP contribution in [-0.4, -0.2) is 11.8 Å². The monoisotopic (exact) mass is 148 g/mol. The quantitative estimate of drug-likeness (QED) is 0.523. The molecule has 56 valence electrons. The molecule has 0 fully saturated rings. The lowest BCUT2D eigenvalue weighted by molar-refractivity contribution is -0.114. The normalized spacial score (nSPS) is 15.6. The molecule has 1 rings (SSSR count). The Balaban J connectivity index is 2.83. The summed E-state index contributed by atoms with van der Waals surface area (Å²) in [5.41, 5.74) is 6.28. The molecule has 1 aliphatic rings. The number of carbonyl (C=O) groups is 1. The second kappa shape index (κ2) is 2.99. The number of rotatable bonds is 1. The first-order chi connectivity index (χ1) is 5.24. The lowest BCUT2D eigenvalue weighted by Crippen LogP contribution is -2.13. The fraction of sp³-hybridized carbons (Fsp3) is 0.125. The predicted molar refractivity (Wildman–Crippen MR) is 42.3 cm³/mol. The molecule has 0 aromatic rings. The van der Waals surface area contributed by atoms with Crippen molar-refractivity contribution in [2.75, 3.05) is 0 Å². The Morgan fingerprint density at radius 2 is 2.36 bits per heavy atom. The largest absolute Gasteiger partial charge is 0.366 e.